The fourth-order valence-corrected chi connectivity index (χ4v) is 3.55. The first-order chi connectivity index (χ1) is 13.0. The highest BCUT2D eigenvalue weighted by molar-refractivity contribution is 7.57. The summed E-state index contributed by atoms with van der Waals surface area (Å²) in [5.74, 6) is 0.895. The van der Waals surface area contributed by atoms with Gasteiger partial charge < -0.3 is 29.6 Å². The van der Waals surface area contributed by atoms with Crippen LogP contribution in [0, 0.1) is 0 Å². The third-order valence-electron chi connectivity index (χ3n) is 3.98. The first kappa shape index (κ1) is 19.6. The van der Waals surface area contributed by atoms with Gasteiger partial charge in [-0.3, -0.25) is 4.57 Å². The van der Waals surface area contributed by atoms with Crippen molar-refractivity contribution in [2.24, 2.45) is 10.7 Å². The molecule has 2 aromatic rings. The van der Waals surface area contributed by atoms with E-state index < -0.39 is 13.6 Å². The van der Waals surface area contributed by atoms with Gasteiger partial charge in [0.15, 0.2) is 18.0 Å². The van der Waals surface area contributed by atoms with Crippen LogP contribution in [0.5, 0.6) is 0 Å². The van der Waals surface area contributed by atoms with Crippen molar-refractivity contribution >= 4 is 19.1 Å². The maximum absolute atomic E-state index is 12.5. The maximum atomic E-state index is 12.5. The van der Waals surface area contributed by atoms with Gasteiger partial charge in [0.05, 0.1) is 19.5 Å². The SMILES string of the molecule is COC1NC(N)=Nc2c1ncn2CCOCP(C)(=O)OCc1ccccc1. The highest BCUT2D eigenvalue weighted by Crippen LogP contribution is 2.43. The molecule has 2 atom stereocenters. The van der Waals surface area contributed by atoms with Crippen LogP contribution in [-0.2, 0) is 31.7 Å². The number of guanidine groups is 1. The zero-order chi connectivity index (χ0) is 19.3. The number of aliphatic imine (C=N–C) groups is 1. The predicted molar refractivity (Wildman–Crippen MR) is 102 cm³/mol. The second kappa shape index (κ2) is 8.67. The number of hydrogen-bond donors (Lipinski definition) is 2. The summed E-state index contributed by atoms with van der Waals surface area (Å²) < 4.78 is 30.7. The van der Waals surface area contributed by atoms with Crippen molar-refractivity contribution in [1.29, 1.82) is 0 Å². The quantitative estimate of drug-likeness (QED) is 0.496. The molecule has 1 aliphatic rings. The zero-order valence-electron chi connectivity index (χ0n) is 15.4. The average Bonchev–Trinajstić information content (AvgIpc) is 3.06. The molecule has 0 saturated heterocycles. The lowest BCUT2D eigenvalue weighted by Gasteiger charge is -2.21. The van der Waals surface area contributed by atoms with Crippen LogP contribution in [0.25, 0.3) is 0 Å². The van der Waals surface area contributed by atoms with E-state index in [1.807, 2.05) is 34.9 Å². The van der Waals surface area contributed by atoms with E-state index in [4.69, 9.17) is 19.7 Å². The molecule has 9 nitrogen and oxygen atoms in total. The van der Waals surface area contributed by atoms with E-state index in [1.165, 1.54) is 0 Å². The van der Waals surface area contributed by atoms with Gasteiger partial charge in [0.25, 0.3) is 0 Å². The number of nitrogens with two attached hydrogens (primary N) is 1. The van der Waals surface area contributed by atoms with Crippen LogP contribution in [0.3, 0.4) is 0 Å². The minimum absolute atomic E-state index is 0.0460. The van der Waals surface area contributed by atoms with Crippen molar-refractivity contribution in [2.75, 3.05) is 26.7 Å². The molecule has 1 aliphatic heterocycles. The summed E-state index contributed by atoms with van der Waals surface area (Å²) in [6.45, 7) is 2.71. The summed E-state index contributed by atoms with van der Waals surface area (Å²) >= 11 is 0. The van der Waals surface area contributed by atoms with Crippen LogP contribution in [-0.4, -0.2) is 42.2 Å². The van der Waals surface area contributed by atoms with E-state index in [-0.39, 0.29) is 12.3 Å². The molecule has 2 unspecified atom stereocenters. The van der Waals surface area contributed by atoms with Gasteiger partial charge in [0, 0.05) is 20.3 Å². The number of fused-ring (bicyclic) bond motifs is 1. The molecule has 146 valence electrons. The Morgan fingerprint density at radius 2 is 2.11 bits per heavy atom. The van der Waals surface area contributed by atoms with Gasteiger partial charge in [0.1, 0.15) is 12.0 Å². The predicted octanol–water partition coefficient (Wildman–Crippen LogP) is 2.18. The molecule has 1 aromatic heterocycles. The molecule has 10 heteroatoms. The van der Waals surface area contributed by atoms with Crippen LogP contribution in [0.4, 0.5) is 5.82 Å². The number of aromatic nitrogens is 2. The van der Waals surface area contributed by atoms with Gasteiger partial charge >= 0.3 is 0 Å². The van der Waals surface area contributed by atoms with E-state index in [0.29, 0.717) is 31.3 Å². The summed E-state index contributed by atoms with van der Waals surface area (Å²) in [6, 6.07) is 9.62. The molecule has 1 aromatic carbocycles. The molecule has 0 bridgehead atoms. The van der Waals surface area contributed by atoms with Crippen LogP contribution >= 0.6 is 7.37 Å². The summed E-state index contributed by atoms with van der Waals surface area (Å²) in [5.41, 5.74) is 7.41. The van der Waals surface area contributed by atoms with Crippen LogP contribution in [0.1, 0.15) is 17.5 Å². The lowest BCUT2D eigenvalue weighted by Crippen LogP contribution is -2.38. The minimum atomic E-state index is -2.84. The minimum Gasteiger partial charge on any atom is -0.370 e. The van der Waals surface area contributed by atoms with Crippen molar-refractivity contribution in [3.05, 3.63) is 47.9 Å². The topological polar surface area (TPSA) is 113 Å². The van der Waals surface area contributed by atoms with Crippen molar-refractivity contribution < 1.29 is 18.6 Å². The standard InChI is InChI=1S/C17H24N5O4P/c1-24-16-14-15(20-17(18)21-16)22(11-19-14)8-9-25-12-27(2,23)26-10-13-6-4-3-5-7-13/h3-7,11,16H,8-10,12H2,1-2H3,(H3,18,20,21). The second-order valence-corrected chi connectivity index (χ2v) is 8.76. The van der Waals surface area contributed by atoms with E-state index in [9.17, 15) is 4.57 Å². The third-order valence-corrected chi connectivity index (χ3v) is 5.30. The molecule has 0 aliphatic carbocycles. The summed E-state index contributed by atoms with van der Waals surface area (Å²) in [7, 11) is -1.27. The molecule has 27 heavy (non-hydrogen) atoms. The fraction of sp³-hybridized carbons (Fsp3) is 0.412. The summed E-state index contributed by atoms with van der Waals surface area (Å²) in [5, 5.41) is 2.90. The van der Waals surface area contributed by atoms with Crippen molar-refractivity contribution in [3.8, 4) is 0 Å². The number of nitrogens with zero attached hydrogens (tertiary/aromatic N) is 3. The molecule has 3 N–H and O–H groups in total. The van der Waals surface area contributed by atoms with Gasteiger partial charge in [-0.25, -0.2) is 4.98 Å². The van der Waals surface area contributed by atoms with Gasteiger partial charge in [-0.15, -0.1) is 0 Å². The van der Waals surface area contributed by atoms with Crippen molar-refractivity contribution in [3.63, 3.8) is 0 Å². The van der Waals surface area contributed by atoms with Crippen LogP contribution < -0.4 is 11.1 Å². The van der Waals surface area contributed by atoms with E-state index in [2.05, 4.69) is 15.3 Å². The number of rotatable bonds is 9. The molecular weight excluding hydrogens is 369 g/mol. The highest BCUT2D eigenvalue weighted by atomic mass is 31.2. The highest BCUT2D eigenvalue weighted by Gasteiger charge is 2.25. The second-order valence-electron chi connectivity index (χ2n) is 6.21. The molecule has 0 radical (unpaired) electrons. The van der Waals surface area contributed by atoms with E-state index in [0.717, 1.165) is 5.56 Å². The Morgan fingerprint density at radius 3 is 2.85 bits per heavy atom. The van der Waals surface area contributed by atoms with E-state index in [1.54, 1.807) is 20.1 Å². The molecule has 0 fully saturated rings. The smallest absolute Gasteiger partial charge is 0.225 e. The Morgan fingerprint density at radius 1 is 1.33 bits per heavy atom. The average molecular weight is 393 g/mol. The number of benzene rings is 1. The molecule has 0 saturated carbocycles. The Kier molecular flexibility index (Phi) is 6.28. The number of imidazole rings is 1. The van der Waals surface area contributed by atoms with Crippen LogP contribution in [0.2, 0.25) is 0 Å². The normalized spacial score (nSPS) is 18.3. The number of hydrogen-bond acceptors (Lipinski definition) is 8. The molecular formula is C17H24N5O4P. The molecule has 2 heterocycles. The largest absolute Gasteiger partial charge is 0.370 e. The van der Waals surface area contributed by atoms with E-state index >= 15 is 0 Å². The van der Waals surface area contributed by atoms with Gasteiger partial charge in [0.2, 0.25) is 7.37 Å². The third kappa shape index (κ3) is 5.17. The molecule has 0 amide bonds. The first-order valence-electron chi connectivity index (χ1n) is 8.50. The Balaban J connectivity index is 1.48. The van der Waals surface area contributed by atoms with Crippen molar-refractivity contribution in [2.45, 2.75) is 19.4 Å². The molecule has 0 spiro atoms. The number of methoxy groups -OCH3 is 1. The first-order valence-corrected chi connectivity index (χ1v) is 10.8. The monoisotopic (exact) mass is 393 g/mol. The Bertz CT molecular complexity index is 839. The van der Waals surface area contributed by atoms with Gasteiger partial charge in [-0.05, 0) is 5.56 Å². The Labute approximate surface area is 158 Å². The number of nitrogens with one attached hydrogen (secondary N) is 1. The van der Waals surface area contributed by atoms with Gasteiger partial charge in [-0.2, -0.15) is 4.99 Å². The number of ether oxygens (including phenoxy) is 2. The zero-order valence-corrected chi connectivity index (χ0v) is 16.3. The summed E-state index contributed by atoms with van der Waals surface area (Å²) in [4.78, 5) is 8.57. The lowest BCUT2D eigenvalue weighted by atomic mass is 10.2. The maximum Gasteiger partial charge on any atom is 0.225 e. The van der Waals surface area contributed by atoms with Crippen molar-refractivity contribution in [1.82, 2.24) is 14.9 Å². The molecule has 3 rings (SSSR count). The fourth-order valence-electron chi connectivity index (χ4n) is 2.60. The van der Waals surface area contributed by atoms with Crippen LogP contribution in [0.15, 0.2) is 41.7 Å². The Hall–Kier alpha value is -2.19. The summed E-state index contributed by atoms with van der Waals surface area (Å²) in [6.07, 6.45) is 1.27. The lowest BCUT2D eigenvalue weighted by molar-refractivity contribution is 0.0864. The van der Waals surface area contributed by atoms with Gasteiger partial charge in [-0.1, -0.05) is 30.3 Å².